The molecule has 2 fully saturated rings. The number of carbonyl (C=O) groups excluding carboxylic acids is 2. The van der Waals surface area contributed by atoms with Gasteiger partial charge in [-0.1, -0.05) is 44.0 Å². The number of rotatable bonds is 8. The van der Waals surface area contributed by atoms with E-state index in [0.717, 1.165) is 30.6 Å². The maximum atomic E-state index is 14.7. The maximum absolute atomic E-state index is 14.7. The minimum atomic E-state index is -4.74. The van der Waals surface area contributed by atoms with Crippen molar-refractivity contribution in [3.63, 3.8) is 0 Å². The second-order valence-electron chi connectivity index (χ2n) is 11.6. The molecule has 3 heterocycles. The van der Waals surface area contributed by atoms with Gasteiger partial charge in [-0.05, 0) is 43.9 Å². The molecule has 0 radical (unpaired) electrons. The van der Waals surface area contributed by atoms with Crippen molar-refractivity contribution in [2.45, 2.75) is 63.0 Å². The Kier molecular flexibility index (Phi) is 7.90. The molecule has 4 atom stereocenters. The predicted octanol–water partition coefficient (Wildman–Crippen LogP) is 3.15. The Labute approximate surface area is 248 Å². The number of aliphatic hydroxyl groups is 1. The number of nitro groups is 1. The topological polar surface area (TPSA) is 175 Å². The fraction of sp³-hybridized carbons (Fsp3) is 0.433. The van der Waals surface area contributed by atoms with Gasteiger partial charge in [0.15, 0.2) is 0 Å². The second kappa shape index (κ2) is 11.2. The van der Waals surface area contributed by atoms with Crippen LogP contribution in [0, 0.1) is 21.4 Å². The van der Waals surface area contributed by atoms with Crippen molar-refractivity contribution in [3.05, 3.63) is 80.4 Å². The SMILES string of the molecule is CC(O)C1C(=O)N2C(C(=O)O)=C(S(=O)(=O)c3ccccc3C(=O)N3CCCCCC3)C(C)(Cc3ccc([N+](=O)[O-])cc3)[C@H]12. The molecule has 12 nitrogen and oxygen atoms in total. The minimum Gasteiger partial charge on any atom is -0.477 e. The van der Waals surface area contributed by atoms with E-state index in [2.05, 4.69) is 0 Å². The zero-order valence-electron chi connectivity index (χ0n) is 23.8. The summed E-state index contributed by atoms with van der Waals surface area (Å²) < 4.78 is 29.4. The molecule has 3 aliphatic heterocycles. The molecule has 0 bridgehead atoms. The summed E-state index contributed by atoms with van der Waals surface area (Å²) in [7, 11) is -4.74. The summed E-state index contributed by atoms with van der Waals surface area (Å²) in [5, 5.41) is 32.1. The molecule has 2 N–H and O–H groups in total. The normalized spacial score (nSPS) is 24.7. The van der Waals surface area contributed by atoms with Crippen molar-refractivity contribution in [1.29, 1.82) is 0 Å². The zero-order chi connectivity index (χ0) is 31.3. The highest BCUT2D eigenvalue weighted by molar-refractivity contribution is 7.95. The molecule has 0 aromatic heterocycles. The molecule has 3 aliphatic rings. The van der Waals surface area contributed by atoms with Gasteiger partial charge < -0.3 is 15.1 Å². The monoisotopic (exact) mass is 611 g/mol. The fourth-order valence-electron chi connectivity index (χ4n) is 6.84. The molecular formula is C30H33N3O9S. The van der Waals surface area contributed by atoms with Crippen LogP contribution >= 0.6 is 0 Å². The number of non-ortho nitro benzene ring substituents is 1. The summed E-state index contributed by atoms with van der Waals surface area (Å²) in [5.74, 6) is -3.91. The van der Waals surface area contributed by atoms with Crippen molar-refractivity contribution in [2.24, 2.45) is 11.3 Å². The first-order chi connectivity index (χ1) is 20.3. The van der Waals surface area contributed by atoms with Crippen LogP contribution in [-0.4, -0.2) is 76.4 Å². The van der Waals surface area contributed by atoms with E-state index >= 15 is 0 Å². The van der Waals surface area contributed by atoms with E-state index in [1.54, 1.807) is 11.0 Å². The zero-order valence-corrected chi connectivity index (χ0v) is 24.6. The van der Waals surface area contributed by atoms with Crippen molar-refractivity contribution in [3.8, 4) is 0 Å². The molecule has 2 aromatic rings. The largest absolute Gasteiger partial charge is 0.477 e. The Morgan fingerprint density at radius 3 is 2.23 bits per heavy atom. The van der Waals surface area contributed by atoms with Crippen LogP contribution in [0.1, 0.15) is 55.5 Å². The second-order valence-corrected chi connectivity index (χ2v) is 13.5. The van der Waals surface area contributed by atoms with Crippen LogP contribution in [0.2, 0.25) is 0 Å². The van der Waals surface area contributed by atoms with Gasteiger partial charge in [-0.3, -0.25) is 24.6 Å². The third-order valence-electron chi connectivity index (χ3n) is 8.78. The molecule has 3 unspecified atom stereocenters. The highest BCUT2D eigenvalue weighted by Gasteiger charge is 2.68. The number of β-lactam (4-membered cyclic amide) rings is 1. The van der Waals surface area contributed by atoms with E-state index in [0.29, 0.717) is 18.7 Å². The van der Waals surface area contributed by atoms with Gasteiger partial charge in [-0.15, -0.1) is 0 Å². The van der Waals surface area contributed by atoms with E-state index in [1.165, 1.54) is 56.3 Å². The first-order valence-electron chi connectivity index (χ1n) is 14.2. The molecule has 2 saturated heterocycles. The van der Waals surface area contributed by atoms with E-state index in [9.17, 15) is 43.1 Å². The lowest BCUT2D eigenvalue weighted by molar-refractivity contribution is -0.384. The number of nitrogens with zero attached hydrogens (tertiary/aromatic N) is 3. The number of amides is 2. The third-order valence-corrected chi connectivity index (χ3v) is 10.9. The molecule has 0 spiro atoms. The van der Waals surface area contributed by atoms with E-state index in [1.807, 2.05) is 0 Å². The lowest BCUT2D eigenvalue weighted by atomic mass is 9.67. The van der Waals surface area contributed by atoms with Crippen LogP contribution in [0.4, 0.5) is 5.69 Å². The number of carboxylic acid groups (broad SMARTS) is 1. The molecule has 5 rings (SSSR count). The Balaban J connectivity index is 1.68. The smallest absolute Gasteiger partial charge is 0.353 e. The lowest BCUT2D eigenvalue weighted by Gasteiger charge is -2.50. The van der Waals surface area contributed by atoms with E-state index in [4.69, 9.17) is 0 Å². The van der Waals surface area contributed by atoms with Crippen LogP contribution < -0.4 is 0 Å². The average molecular weight is 612 g/mol. The van der Waals surface area contributed by atoms with Crippen LogP contribution in [-0.2, 0) is 25.8 Å². The van der Waals surface area contributed by atoms with E-state index in [-0.39, 0.29) is 22.6 Å². The highest BCUT2D eigenvalue weighted by Crippen LogP contribution is 2.58. The number of hydrogen-bond donors (Lipinski definition) is 2. The van der Waals surface area contributed by atoms with Crippen molar-refractivity contribution in [2.75, 3.05) is 13.1 Å². The molecule has 13 heteroatoms. The number of aliphatic carboxylic acids is 1. The van der Waals surface area contributed by atoms with Gasteiger partial charge in [0.05, 0.1) is 38.4 Å². The molecule has 2 amide bonds. The van der Waals surface area contributed by atoms with Crippen LogP contribution in [0.15, 0.2) is 64.0 Å². The van der Waals surface area contributed by atoms with Gasteiger partial charge in [-0.2, -0.15) is 0 Å². The van der Waals surface area contributed by atoms with Crippen molar-refractivity contribution >= 4 is 33.3 Å². The van der Waals surface area contributed by atoms with E-state index < -0.39 is 66.6 Å². The summed E-state index contributed by atoms with van der Waals surface area (Å²) in [4.78, 5) is 51.9. The van der Waals surface area contributed by atoms with Crippen LogP contribution in [0.3, 0.4) is 0 Å². The Bertz CT molecular complexity index is 1630. The number of hydrogen-bond acceptors (Lipinski definition) is 8. The fourth-order valence-corrected chi connectivity index (χ4v) is 9.01. The van der Waals surface area contributed by atoms with Crippen LogP contribution in [0.5, 0.6) is 0 Å². The molecule has 0 saturated carbocycles. The minimum absolute atomic E-state index is 0.0908. The predicted molar refractivity (Wildman–Crippen MR) is 153 cm³/mol. The number of carbonyl (C=O) groups is 3. The van der Waals surface area contributed by atoms with Crippen LogP contribution in [0.25, 0.3) is 0 Å². The molecular weight excluding hydrogens is 578 g/mol. The number of aliphatic hydroxyl groups excluding tert-OH is 1. The standard InChI is InChI=1S/C30H33N3O9S/c1-18(34)23-25-30(2,17-19-11-13-20(14-12-19)33(39)40)26(24(29(37)38)32(25)28(23)36)43(41,42)22-10-6-5-9-21(22)27(35)31-15-7-3-4-8-16-31/h5-6,9-14,18,23,25,34H,3-4,7-8,15-17H2,1-2H3,(H,37,38)/t18?,23?,25-,30?/m0/s1. The number of fused-ring (bicyclic) bond motifs is 1. The number of likely N-dealkylation sites (tertiary alicyclic amines) is 1. The van der Waals surface area contributed by atoms with Gasteiger partial charge >= 0.3 is 5.97 Å². The number of sulfone groups is 1. The number of benzene rings is 2. The first-order valence-corrected chi connectivity index (χ1v) is 15.6. The van der Waals surface area contributed by atoms with Gasteiger partial charge in [0, 0.05) is 30.6 Å². The Morgan fingerprint density at radius 1 is 1.07 bits per heavy atom. The molecule has 228 valence electrons. The number of nitro benzene ring substituents is 1. The van der Waals surface area contributed by atoms with Gasteiger partial charge in [0.25, 0.3) is 11.6 Å². The summed E-state index contributed by atoms with van der Waals surface area (Å²) in [6, 6.07) is 10.1. The third kappa shape index (κ3) is 4.99. The summed E-state index contributed by atoms with van der Waals surface area (Å²) in [6.45, 7) is 3.84. The highest BCUT2D eigenvalue weighted by atomic mass is 32.2. The molecule has 0 aliphatic carbocycles. The maximum Gasteiger partial charge on any atom is 0.353 e. The first kappa shape index (κ1) is 30.4. The Morgan fingerprint density at radius 2 is 1.67 bits per heavy atom. The van der Waals surface area contributed by atoms with Gasteiger partial charge in [0.2, 0.25) is 15.7 Å². The van der Waals surface area contributed by atoms with Gasteiger partial charge in [0.1, 0.15) is 5.70 Å². The summed E-state index contributed by atoms with van der Waals surface area (Å²) >= 11 is 0. The molecule has 43 heavy (non-hydrogen) atoms. The van der Waals surface area contributed by atoms with Gasteiger partial charge in [-0.25, -0.2) is 13.2 Å². The van der Waals surface area contributed by atoms with Crippen molar-refractivity contribution in [1.82, 2.24) is 9.80 Å². The van der Waals surface area contributed by atoms with Crippen molar-refractivity contribution < 1.29 is 37.9 Å². The summed E-state index contributed by atoms with van der Waals surface area (Å²) in [5.41, 5.74) is -2.10. The summed E-state index contributed by atoms with van der Waals surface area (Å²) in [6.07, 6.45) is 2.14. The number of carboxylic acids is 1. The lowest BCUT2D eigenvalue weighted by Crippen LogP contribution is -2.66. The quantitative estimate of drug-likeness (QED) is 0.258. The average Bonchev–Trinajstić information content (AvgIpc) is 3.10. The molecule has 2 aromatic carbocycles. The Hall–Kier alpha value is -4.10.